The van der Waals surface area contributed by atoms with Crippen molar-refractivity contribution in [2.75, 3.05) is 33.4 Å². The van der Waals surface area contributed by atoms with Crippen LogP contribution in [0, 0.1) is 6.92 Å². The summed E-state index contributed by atoms with van der Waals surface area (Å²) in [5.74, 6) is 0. The molecule has 0 bridgehead atoms. The van der Waals surface area contributed by atoms with Crippen LogP contribution in [0.15, 0.2) is 24.8 Å². The van der Waals surface area contributed by atoms with Crippen molar-refractivity contribution in [1.82, 2.24) is 24.6 Å². The summed E-state index contributed by atoms with van der Waals surface area (Å²) in [6.07, 6.45) is 7.18. The molecule has 2 aromatic rings. The predicted octanol–water partition coefficient (Wildman–Crippen LogP) is 2.16. The molecule has 1 aliphatic heterocycles. The molecule has 1 saturated heterocycles. The highest BCUT2D eigenvalue weighted by atomic mass is 16.5. The number of rotatable bonds is 1. The fourth-order valence-electron chi connectivity index (χ4n) is 1.81. The van der Waals surface area contributed by atoms with Crippen molar-refractivity contribution in [2.45, 2.75) is 20.8 Å². The second kappa shape index (κ2) is 10.0. The number of hydrogen-bond acceptors (Lipinski definition) is 5. The zero-order chi connectivity index (χ0) is 16.4. The van der Waals surface area contributed by atoms with Crippen LogP contribution in [0.5, 0.6) is 0 Å². The molecule has 0 aromatic carbocycles. The van der Waals surface area contributed by atoms with Gasteiger partial charge in [0.05, 0.1) is 37.0 Å². The molecule has 0 saturated carbocycles. The molecule has 22 heavy (non-hydrogen) atoms. The number of hydrogen-bond donors (Lipinski definition) is 0. The van der Waals surface area contributed by atoms with Gasteiger partial charge in [-0.2, -0.15) is 5.10 Å². The minimum Gasteiger partial charge on any atom is -0.379 e. The van der Waals surface area contributed by atoms with Gasteiger partial charge in [-0.1, -0.05) is 13.8 Å². The second-order valence-electron chi connectivity index (χ2n) is 4.86. The molecular formula is C16H27N5O. The Labute approximate surface area is 133 Å². The van der Waals surface area contributed by atoms with Gasteiger partial charge in [-0.3, -0.25) is 9.67 Å². The Morgan fingerprint density at radius 1 is 1.05 bits per heavy atom. The molecule has 0 spiro atoms. The number of aryl methyl sites for hydroxylation is 2. The van der Waals surface area contributed by atoms with Gasteiger partial charge in [-0.15, -0.1) is 0 Å². The lowest BCUT2D eigenvalue weighted by molar-refractivity contribution is 0.0503. The van der Waals surface area contributed by atoms with E-state index in [0.29, 0.717) is 0 Å². The van der Waals surface area contributed by atoms with Gasteiger partial charge in [0, 0.05) is 38.1 Å². The van der Waals surface area contributed by atoms with Crippen LogP contribution < -0.4 is 0 Å². The predicted molar refractivity (Wildman–Crippen MR) is 88.6 cm³/mol. The van der Waals surface area contributed by atoms with Crippen LogP contribution in [-0.2, 0) is 11.8 Å². The van der Waals surface area contributed by atoms with E-state index < -0.39 is 0 Å². The number of likely N-dealkylation sites (N-methyl/N-ethyl adjacent to an activating group) is 1. The van der Waals surface area contributed by atoms with E-state index >= 15 is 0 Å². The van der Waals surface area contributed by atoms with Gasteiger partial charge in [0.25, 0.3) is 0 Å². The lowest BCUT2D eigenvalue weighted by atomic mass is 10.2. The molecule has 3 rings (SSSR count). The average Bonchev–Trinajstić information content (AvgIpc) is 2.97. The van der Waals surface area contributed by atoms with E-state index in [0.717, 1.165) is 43.3 Å². The maximum atomic E-state index is 5.10. The molecule has 0 radical (unpaired) electrons. The van der Waals surface area contributed by atoms with E-state index in [4.69, 9.17) is 4.74 Å². The Morgan fingerprint density at radius 2 is 1.73 bits per heavy atom. The van der Waals surface area contributed by atoms with Crippen molar-refractivity contribution >= 4 is 0 Å². The third-order valence-corrected chi connectivity index (χ3v) is 2.99. The Morgan fingerprint density at radius 3 is 2.18 bits per heavy atom. The molecule has 2 aromatic heterocycles. The van der Waals surface area contributed by atoms with E-state index in [1.165, 1.54) is 0 Å². The third-order valence-electron chi connectivity index (χ3n) is 2.99. The van der Waals surface area contributed by atoms with E-state index in [1.54, 1.807) is 23.3 Å². The summed E-state index contributed by atoms with van der Waals surface area (Å²) in [5, 5.41) is 4.07. The normalized spacial score (nSPS) is 14.4. The van der Waals surface area contributed by atoms with Gasteiger partial charge < -0.3 is 9.64 Å². The quantitative estimate of drug-likeness (QED) is 0.808. The molecule has 0 N–H and O–H groups in total. The zero-order valence-electron chi connectivity index (χ0n) is 14.3. The van der Waals surface area contributed by atoms with Crippen LogP contribution in [0.4, 0.5) is 0 Å². The standard InChI is InChI=1S/C9H10N4.C5H11NO.C2H6/c1-7-3-10-5-9(12-7)8-4-11-13(2)6-8;1-6-2-4-7-5-3-6;1-2/h3-6H,1-2H3;2-5H2,1H3;1-2H3. The summed E-state index contributed by atoms with van der Waals surface area (Å²) >= 11 is 0. The third kappa shape index (κ3) is 6.32. The maximum Gasteiger partial charge on any atom is 0.0919 e. The first-order valence-corrected chi connectivity index (χ1v) is 7.69. The van der Waals surface area contributed by atoms with Gasteiger partial charge in [-0.25, -0.2) is 4.98 Å². The molecule has 3 heterocycles. The summed E-state index contributed by atoms with van der Waals surface area (Å²) in [5.41, 5.74) is 2.79. The van der Waals surface area contributed by atoms with Crippen molar-refractivity contribution in [3.8, 4) is 11.3 Å². The molecule has 1 aliphatic rings. The maximum absolute atomic E-state index is 5.10. The fraction of sp³-hybridized carbons (Fsp3) is 0.562. The Bertz CT molecular complexity index is 535. The SMILES string of the molecule is CC.CN1CCOCC1.Cc1cncc(-c2cnn(C)c2)n1. The fourth-order valence-corrected chi connectivity index (χ4v) is 1.81. The summed E-state index contributed by atoms with van der Waals surface area (Å²) in [6, 6.07) is 0. The lowest BCUT2D eigenvalue weighted by Crippen LogP contribution is -2.32. The Kier molecular flexibility index (Phi) is 8.32. The van der Waals surface area contributed by atoms with Crippen LogP contribution in [0.1, 0.15) is 19.5 Å². The van der Waals surface area contributed by atoms with E-state index in [1.807, 2.05) is 34.0 Å². The smallest absolute Gasteiger partial charge is 0.0919 e. The molecule has 0 atom stereocenters. The minimum atomic E-state index is 0.869. The minimum absolute atomic E-state index is 0.869. The summed E-state index contributed by atoms with van der Waals surface area (Å²) in [7, 11) is 4.00. The van der Waals surface area contributed by atoms with Gasteiger partial charge >= 0.3 is 0 Å². The number of morpholine rings is 1. The molecule has 0 aliphatic carbocycles. The van der Waals surface area contributed by atoms with Crippen LogP contribution in [0.2, 0.25) is 0 Å². The van der Waals surface area contributed by atoms with Crippen LogP contribution in [-0.4, -0.2) is 58.0 Å². The molecule has 1 fully saturated rings. The molecule has 6 heteroatoms. The topological polar surface area (TPSA) is 56.1 Å². The molecule has 0 amide bonds. The first kappa shape index (κ1) is 18.3. The van der Waals surface area contributed by atoms with Gasteiger partial charge in [0.2, 0.25) is 0 Å². The van der Waals surface area contributed by atoms with E-state index in [9.17, 15) is 0 Å². The molecule has 0 unspecified atom stereocenters. The van der Waals surface area contributed by atoms with Crippen LogP contribution in [0.25, 0.3) is 11.3 Å². The monoisotopic (exact) mass is 305 g/mol. The van der Waals surface area contributed by atoms with E-state index in [2.05, 4.69) is 27.0 Å². The largest absolute Gasteiger partial charge is 0.379 e. The average molecular weight is 305 g/mol. The summed E-state index contributed by atoms with van der Waals surface area (Å²) in [6.45, 7) is 9.94. The van der Waals surface area contributed by atoms with Crippen molar-refractivity contribution in [2.24, 2.45) is 7.05 Å². The number of ether oxygens (including phenoxy) is 1. The van der Waals surface area contributed by atoms with Crippen molar-refractivity contribution < 1.29 is 4.74 Å². The Hall–Kier alpha value is -1.79. The Balaban J connectivity index is 0.000000228. The highest BCUT2D eigenvalue weighted by molar-refractivity contribution is 5.55. The second-order valence-corrected chi connectivity index (χ2v) is 4.86. The number of nitrogens with zero attached hydrogens (tertiary/aromatic N) is 5. The lowest BCUT2D eigenvalue weighted by Gasteiger charge is -2.21. The van der Waals surface area contributed by atoms with Crippen molar-refractivity contribution in [3.63, 3.8) is 0 Å². The molecular weight excluding hydrogens is 278 g/mol. The van der Waals surface area contributed by atoms with Gasteiger partial charge in [-0.05, 0) is 14.0 Å². The molecule has 6 nitrogen and oxygen atoms in total. The number of aromatic nitrogens is 4. The first-order valence-electron chi connectivity index (χ1n) is 7.69. The van der Waals surface area contributed by atoms with Crippen LogP contribution in [0.3, 0.4) is 0 Å². The van der Waals surface area contributed by atoms with Crippen molar-refractivity contribution in [3.05, 3.63) is 30.5 Å². The summed E-state index contributed by atoms with van der Waals surface area (Å²) in [4.78, 5) is 10.7. The first-order chi connectivity index (χ1) is 10.6. The highest BCUT2D eigenvalue weighted by Gasteiger charge is 2.02. The van der Waals surface area contributed by atoms with Gasteiger partial charge in [0.15, 0.2) is 0 Å². The van der Waals surface area contributed by atoms with Crippen molar-refractivity contribution in [1.29, 1.82) is 0 Å². The zero-order valence-corrected chi connectivity index (χ0v) is 14.3. The molecule has 122 valence electrons. The van der Waals surface area contributed by atoms with Crippen LogP contribution >= 0.6 is 0 Å². The highest BCUT2D eigenvalue weighted by Crippen LogP contribution is 2.13. The summed E-state index contributed by atoms with van der Waals surface area (Å²) < 4.78 is 6.85. The van der Waals surface area contributed by atoms with E-state index in [-0.39, 0.29) is 0 Å². The van der Waals surface area contributed by atoms with Gasteiger partial charge in [0.1, 0.15) is 0 Å².